The van der Waals surface area contributed by atoms with Crippen molar-refractivity contribution in [2.24, 2.45) is 0 Å². The van der Waals surface area contributed by atoms with Gasteiger partial charge in [0.15, 0.2) is 0 Å². The van der Waals surface area contributed by atoms with Gasteiger partial charge >= 0.3 is 6.03 Å². The number of hydrogen-bond acceptors (Lipinski definition) is 4. The van der Waals surface area contributed by atoms with Gasteiger partial charge in [-0.3, -0.25) is 5.32 Å². The van der Waals surface area contributed by atoms with E-state index in [0.29, 0.717) is 10.8 Å². The van der Waals surface area contributed by atoms with Crippen LogP contribution in [-0.4, -0.2) is 16.2 Å². The number of halogens is 1. The van der Waals surface area contributed by atoms with Crippen LogP contribution < -0.4 is 10.6 Å². The molecule has 1 heterocycles. The largest absolute Gasteiger partial charge is 0.325 e. The highest BCUT2D eigenvalue weighted by Gasteiger charge is 2.11. The third-order valence-electron chi connectivity index (χ3n) is 3.12. The summed E-state index contributed by atoms with van der Waals surface area (Å²) in [6.07, 6.45) is 0. The molecule has 2 amide bonds. The zero-order valence-corrected chi connectivity index (χ0v) is 13.0. The molecule has 0 spiro atoms. The molecule has 0 saturated heterocycles. The first-order chi connectivity index (χ1) is 11.1. The topological polar surface area (TPSA) is 66.9 Å². The summed E-state index contributed by atoms with van der Waals surface area (Å²) < 4.78 is 12.8. The fourth-order valence-electron chi connectivity index (χ4n) is 1.99. The van der Waals surface area contributed by atoms with E-state index in [2.05, 4.69) is 20.8 Å². The maximum Gasteiger partial charge on any atom is 0.325 e. The minimum absolute atomic E-state index is 0.358. The number of aryl methyl sites for hydroxylation is 1. The van der Waals surface area contributed by atoms with E-state index in [0.717, 1.165) is 16.1 Å². The number of rotatable bonds is 3. The highest BCUT2D eigenvalue weighted by Crippen LogP contribution is 2.28. The second kappa shape index (κ2) is 6.53. The molecule has 3 rings (SSSR count). The van der Waals surface area contributed by atoms with E-state index in [-0.39, 0.29) is 5.82 Å². The molecule has 0 aliphatic heterocycles. The van der Waals surface area contributed by atoms with Crippen LogP contribution in [0, 0.1) is 12.7 Å². The fraction of sp³-hybridized carbons (Fsp3) is 0.0625. The fourth-order valence-corrected chi connectivity index (χ4v) is 2.82. The summed E-state index contributed by atoms with van der Waals surface area (Å²) >= 11 is 1.29. The number of aromatic nitrogens is 2. The van der Waals surface area contributed by atoms with Crippen molar-refractivity contribution in [3.8, 4) is 10.6 Å². The van der Waals surface area contributed by atoms with Gasteiger partial charge < -0.3 is 5.32 Å². The summed E-state index contributed by atoms with van der Waals surface area (Å²) in [6.45, 7) is 1.99. The number of carbonyl (C=O) groups excluding carboxylic acids is 1. The molecule has 1 aromatic heterocycles. The Balaban J connectivity index is 1.68. The molecular weight excluding hydrogens is 315 g/mol. The predicted octanol–water partition coefficient (Wildman–Crippen LogP) is 4.30. The van der Waals surface area contributed by atoms with Crippen LogP contribution in [-0.2, 0) is 0 Å². The van der Waals surface area contributed by atoms with E-state index < -0.39 is 6.03 Å². The number of benzene rings is 2. The second-order valence-corrected chi connectivity index (χ2v) is 5.79. The standard InChI is InChI=1S/C16H13FN4OS/c1-10-4-2-3-5-13(10)14-20-21-16(23-14)19-15(22)18-12-8-6-11(17)7-9-12/h2-9H,1H3,(H2,18,19,21,22). The Kier molecular flexibility index (Phi) is 4.29. The molecule has 0 unspecified atom stereocenters. The summed E-state index contributed by atoms with van der Waals surface area (Å²) in [6, 6.07) is 12.9. The molecule has 0 saturated carbocycles. The molecule has 0 aliphatic carbocycles. The van der Waals surface area contributed by atoms with Gasteiger partial charge in [-0.15, -0.1) is 10.2 Å². The van der Waals surface area contributed by atoms with E-state index in [4.69, 9.17) is 0 Å². The summed E-state index contributed by atoms with van der Waals surface area (Å²) in [5.41, 5.74) is 2.57. The number of hydrogen-bond donors (Lipinski definition) is 2. The van der Waals surface area contributed by atoms with E-state index in [9.17, 15) is 9.18 Å². The molecule has 0 radical (unpaired) electrons. The third-order valence-corrected chi connectivity index (χ3v) is 4.00. The van der Waals surface area contributed by atoms with E-state index in [1.54, 1.807) is 0 Å². The molecule has 0 aliphatic rings. The van der Waals surface area contributed by atoms with Crippen molar-refractivity contribution in [1.82, 2.24) is 10.2 Å². The molecule has 0 bridgehead atoms. The Morgan fingerprint density at radius 2 is 1.78 bits per heavy atom. The lowest BCUT2D eigenvalue weighted by Gasteiger charge is -2.04. The predicted molar refractivity (Wildman–Crippen MR) is 89.1 cm³/mol. The van der Waals surface area contributed by atoms with Gasteiger partial charge in [0.2, 0.25) is 5.13 Å². The van der Waals surface area contributed by atoms with Gasteiger partial charge in [-0.2, -0.15) is 0 Å². The van der Waals surface area contributed by atoms with Crippen molar-refractivity contribution in [2.75, 3.05) is 10.6 Å². The van der Waals surface area contributed by atoms with Crippen LogP contribution in [0.4, 0.5) is 20.0 Å². The summed E-state index contributed by atoms with van der Waals surface area (Å²) in [4.78, 5) is 11.9. The van der Waals surface area contributed by atoms with Gasteiger partial charge in [-0.1, -0.05) is 35.6 Å². The maximum absolute atomic E-state index is 12.8. The first kappa shape index (κ1) is 15.1. The van der Waals surface area contributed by atoms with Crippen molar-refractivity contribution in [3.05, 3.63) is 59.9 Å². The Morgan fingerprint density at radius 3 is 2.52 bits per heavy atom. The molecule has 5 nitrogen and oxygen atoms in total. The summed E-state index contributed by atoms with van der Waals surface area (Å²) in [5, 5.41) is 14.4. The first-order valence-corrected chi connectivity index (χ1v) is 7.66. The monoisotopic (exact) mass is 328 g/mol. The van der Waals surface area contributed by atoms with Crippen molar-refractivity contribution in [1.29, 1.82) is 0 Å². The molecule has 7 heteroatoms. The van der Waals surface area contributed by atoms with Crippen LogP contribution in [0.5, 0.6) is 0 Å². The van der Waals surface area contributed by atoms with Gasteiger partial charge in [-0.25, -0.2) is 9.18 Å². The van der Waals surface area contributed by atoms with Crippen LogP contribution in [0.2, 0.25) is 0 Å². The number of nitrogens with zero attached hydrogens (tertiary/aromatic N) is 2. The zero-order valence-electron chi connectivity index (χ0n) is 12.2. The minimum Gasteiger partial charge on any atom is -0.308 e. The average Bonchev–Trinajstić information content (AvgIpc) is 2.98. The van der Waals surface area contributed by atoms with Gasteiger partial charge in [0.25, 0.3) is 0 Å². The Hall–Kier alpha value is -2.80. The highest BCUT2D eigenvalue weighted by molar-refractivity contribution is 7.18. The van der Waals surface area contributed by atoms with Crippen LogP contribution in [0.3, 0.4) is 0 Å². The Labute approximate surface area is 136 Å². The number of anilines is 2. The first-order valence-electron chi connectivity index (χ1n) is 6.85. The maximum atomic E-state index is 12.8. The number of nitrogens with one attached hydrogen (secondary N) is 2. The SMILES string of the molecule is Cc1ccccc1-c1nnc(NC(=O)Nc2ccc(F)cc2)s1. The zero-order chi connectivity index (χ0) is 16.2. The molecule has 0 atom stereocenters. The van der Waals surface area contributed by atoms with Crippen LogP contribution in [0.25, 0.3) is 10.6 Å². The molecule has 23 heavy (non-hydrogen) atoms. The van der Waals surface area contributed by atoms with E-state index in [1.807, 2.05) is 31.2 Å². The Morgan fingerprint density at radius 1 is 1.04 bits per heavy atom. The molecule has 116 valence electrons. The molecule has 3 aromatic rings. The van der Waals surface area contributed by atoms with Gasteiger partial charge in [0.1, 0.15) is 10.8 Å². The lowest BCUT2D eigenvalue weighted by Crippen LogP contribution is -2.19. The molecule has 2 aromatic carbocycles. The normalized spacial score (nSPS) is 10.3. The van der Waals surface area contributed by atoms with Gasteiger partial charge in [-0.05, 0) is 36.8 Å². The number of carbonyl (C=O) groups is 1. The van der Waals surface area contributed by atoms with E-state index in [1.165, 1.54) is 35.6 Å². The third kappa shape index (κ3) is 3.70. The lowest BCUT2D eigenvalue weighted by molar-refractivity contribution is 0.262. The average molecular weight is 328 g/mol. The van der Waals surface area contributed by atoms with Crippen LogP contribution in [0.1, 0.15) is 5.56 Å². The van der Waals surface area contributed by atoms with Crippen molar-refractivity contribution in [2.45, 2.75) is 6.92 Å². The lowest BCUT2D eigenvalue weighted by atomic mass is 10.1. The van der Waals surface area contributed by atoms with Crippen LogP contribution >= 0.6 is 11.3 Å². The number of urea groups is 1. The quantitative estimate of drug-likeness (QED) is 0.753. The second-order valence-electron chi connectivity index (χ2n) is 4.81. The van der Waals surface area contributed by atoms with Crippen LogP contribution in [0.15, 0.2) is 48.5 Å². The van der Waals surface area contributed by atoms with Crippen molar-refractivity contribution < 1.29 is 9.18 Å². The van der Waals surface area contributed by atoms with Gasteiger partial charge in [0.05, 0.1) is 0 Å². The van der Waals surface area contributed by atoms with Crippen molar-refractivity contribution >= 4 is 28.2 Å². The summed E-state index contributed by atoms with van der Waals surface area (Å²) in [5.74, 6) is -0.358. The molecular formula is C16H13FN4OS. The van der Waals surface area contributed by atoms with E-state index >= 15 is 0 Å². The van der Waals surface area contributed by atoms with Crippen molar-refractivity contribution in [3.63, 3.8) is 0 Å². The smallest absolute Gasteiger partial charge is 0.308 e. The molecule has 0 fully saturated rings. The summed E-state index contributed by atoms with van der Waals surface area (Å²) in [7, 11) is 0. The molecule has 2 N–H and O–H groups in total. The Bertz CT molecular complexity index is 832. The highest BCUT2D eigenvalue weighted by atomic mass is 32.1. The number of amides is 2. The minimum atomic E-state index is -0.455. The van der Waals surface area contributed by atoms with Gasteiger partial charge in [0, 0.05) is 11.3 Å².